The van der Waals surface area contributed by atoms with Gasteiger partial charge in [0.05, 0.1) is 0 Å². The van der Waals surface area contributed by atoms with Crippen LogP contribution in [0.1, 0.15) is 47.8 Å². The number of aliphatic hydroxyl groups excluding tert-OH is 1. The van der Waals surface area contributed by atoms with Crippen molar-refractivity contribution in [3.8, 4) is 0 Å². The van der Waals surface area contributed by atoms with Gasteiger partial charge in [-0.05, 0) is 53.6 Å². The van der Waals surface area contributed by atoms with E-state index in [1.54, 1.807) is 19.1 Å². The fourth-order valence-electron chi connectivity index (χ4n) is 2.52. The van der Waals surface area contributed by atoms with Crippen LogP contribution in [0.15, 0.2) is 36.4 Å². The predicted octanol–water partition coefficient (Wildman–Crippen LogP) is 4.34. The molecule has 0 spiro atoms. The summed E-state index contributed by atoms with van der Waals surface area (Å²) in [5, 5.41) is 10.5. The number of hydrogen-bond donors (Lipinski definition) is 1. The van der Waals surface area contributed by atoms with E-state index in [9.17, 15) is 9.50 Å². The molecule has 106 valence electrons. The standard InChI is InChI=1S/C18H21FO/c1-4-13-6-7-16(11-14(13)5-2)18(20)15-8-9-17(19)12(3)10-15/h6-11,18,20H,4-5H2,1-3H3. The van der Waals surface area contributed by atoms with Crippen molar-refractivity contribution in [1.29, 1.82) is 0 Å². The summed E-state index contributed by atoms with van der Waals surface area (Å²) in [5.74, 6) is -0.239. The number of rotatable bonds is 4. The minimum Gasteiger partial charge on any atom is -0.384 e. The maximum absolute atomic E-state index is 13.3. The number of halogens is 1. The minimum atomic E-state index is -0.703. The summed E-state index contributed by atoms with van der Waals surface area (Å²) in [6.07, 6.45) is 1.24. The summed E-state index contributed by atoms with van der Waals surface area (Å²) in [6.45, 7) is 5.96. The largest absolute Gasteiger partial charge is 0.384 e. The molecule has 20 heavy (non-hydrogen) atoms. The molecule has 0 radical (unpaired) electrons. The molecule has 1 N–H and O–H groups in total. The van der Waals surface area contributed by atoms with Crippen molar-refractivity contribution < 1.29 is 9.50 Å². The van der Waals surface area contributed by atoms with Gasteiger partial charge < -0.3 is 5.11 Å². The lowest BCUT2D eigenvalue weighted by Crippen LogP contribution is -2.03. The van der Waals surface area contributed by atoms with Crippen molar-refractivity contribution in [2.75, 3.05) is 0 Å². The molecule has 0 saturated carbocycles. The van der Waals surface area contributed by atoms with Crippen LogP contribution in [-0.2, 0) is 12.8 Å². The van der Waals surface area contributed by atoms with Crippen LogP contribution < -0.4 is 0 Å². The Balaban J connectivity index is 2.37. The number of aryl methyl sites for hydroxylation is 3. The van der Waals surface area contributed by atoms with Gasteiger partial charge in [-0.1, -0.05) is 44.2 Å². The first-order valence-electron chi connectivity index (χ1n) is 7.12. The molecule has 0 aliphatic carbocycles. The summed E-state index contributed by atoms with van der Waals surface area (Å²) in [6, 6.07) is 10.9. The number of hydrogen-bond acceptors (Lipinski definition) is 1. The van der Waals surface area contributed by atoms with E-state index in [2.05, 4.69) is 26.0 Å². The van der Waals surface area contributed by atoms with Gasteiger partial charge in [-0.25, -0.2) is 4.39 Å². The van der Waals surface area contributed by atoms with E-state index in [1.807, 2.05) is 6.07 Å². The number of benzene rings is 2. The molecule has 1 unspecified atom stereocenters. The van der Waals surface area contributed by atoms with E-state index < -0.39 is 6.10 Å². The van der Waals surface area contributed by atoms with Gasteiger partial charge in [0.2, 0.25) is 0 Å². The van der Waals surface area contributed by atoms with Crippen LogP contribution in [0.4, 0.5) is 4.39 Å². The van der Waals surface area contributed by atoms with Gasteiger partial charge in [-0.15, -0.1) is 0 Å². The van der Waals surface area contributed by atoms with Crippen LogP contribution in [0.25, 0.3) is 0 Å². The van der Waals surface area contributed by atoms with Gasteiger partial charge in [0.25, 0.3) is 0 Å². The molecule has 0 bridgehead atoms. The Kier molecular flexibility index (Phi) is 4.56. The molecule has 0 aliphatic heterocycles. The smallest absolute Gasteiger partial charge is 0.126 e. The third kappa shape index (κ3) is 2.91. The van der Waals surface area contributed by atoms with E-state index in [4.69, 9.17) is 0 Å². The average Bonchev–Trinajstić information content (AvgIpc) is 2.48. The average molecular weight is 272 g/mol. The molecule has 2 aromatic carbocycles. The maximum Gasteiger partial charge on any atom is 0.126 e. The van der Waals surface area contributed by atoms with Crippen LogP contribution in [0, 0.1) is 12.7 Å². The fourth-order valence-corrected chi connectivity index (χ4v) is 2.52. The van der Waals surface area contributed by atoms with Gasteiger partial charge in [-0.2, -0.15) is 0 Å². The molecule has 1 nitrogen and oxygen atoms in total. The minimum absolute atomic E-state index is 0.239. The second-order valence-electron chi connectivity index (χ2n) is 5.15. The molecule has 2 aromatic rings. The highest BCUT2D eigenvalue weighted by Crippen LogP contribution is 2.26. The fraction of sp³-hybridized carbons (Fsp3) is 0.333. The molecule has 0 aliphatic rings. The highest BCUT2D eigenvalue weighted by Gasteiger charge is 2.13. The van der Waals surface area contributed by atoms with Crippen molar-refractivity contribution in [3.05, 3.63) is 70.0 Å². The Labute approximate surface area is 120 Å². The third-order valence-electron chi connectivity index (χ3n) is 3.81. The highest BCUT2D eigenvalue weighted by molar-refractivity contribution is 5.38. The van der Waals surface area contributed by atoms with E-state index >= 15 is 0 Å². The Morgan fingerprint density at radius 3 is 2.15 bits per heavy atom. The van der Waals surface area contributed by atoms with E-state index in [-0.39, 0.29) is 5.82 Å². The normalized spacial score (nSPS) is 12.4. The van der Waals surface area contributed by atoms with Crippen molar-refractivity contribution in [2.24, 2.45) is 0 Å². The van der Waals surface area contributed by atoms with E-state index in [1.165, 1.54) is 17.2 Å². The first kappa shape index (κ1) is 14.7. The van der Waals surface area contributed by atoms with Crippen LogP contribution in [0.2, 0.25) is 0 Å². The zero-order chi connectivity index (χ0) is 14.7. The Hall–Kier alpha value is -1.67. The van der Waals surface area contributed by atoms with Crippen molar-refractivity contribution in [3.63, 3.8) is 0 Å². The maximum atomic E-state index is 13.3. The Bertz CT molecular complexity index is 604. The van der Waals surface area contributed by atoms with Crippen LogP contribution in [0.3, 0.4) is 0 Å². The summed E-state index contributed by atoms with van der Waals surface area (Å²) >= 11 is 0. The van der Waals surface area contributed by atoms with Crippen molar-refractivity contribution >= 4 is 0 Å². The highest BCUT2D eigenvalue weighted by atomic mass is 19.1. The van der Waals surface area contributed by atoms with Crippen LogP contribution in [-0.4, -0.2) is 5.11 Å². The molecule has 0 fully saturated rings. The lowest BCUT2D eigenvalue weighted by molar-refractivity contribution is 0.220. The lowest BCUT2D eigenvalue weighted by Gasteiger charge is -2.15. The SMILES string of the molecule is CCc1ccc(C(O)c2ccc(F)c(C)c2)cc1CC. The summed E-state index contributed by atoms with van der Waals surface area (Å²) in [4.78, 5) is 0. The molecule has 0 heterocycles. The van der Waals surface area contributed by atoms with Gasteiger partial charge in [-0.3, -0.25) is 0 Å². The topological polar surface area (TPSA) is 20.2 Å². The quantitative estimate of drug-likeness (QED) is 0.877. The van der Waals surface area contributed by atoms with Gasteiger partial charge in [0, 0.05) is 0 Å². The first-order chi connectivity index (χ1) is 9.56. The molecule has 2 rings (SSSR count). The van der Waals surface area contributed by atoms with Crippen LogP contribution in [0.5, 0.6) is 0 Å². The third-order valence-corrected chi connectivity index (χ3v) is 3.81. The second-order valence-corrected chi connectivity index (χ2v) is 5.15. The first-order valence-corrected chi connectivity index (χ1v) is 7.12. The number of aliphatic hydroxyl groups is 1. The van der Waals surface area contributed by atoms with Crippen LogP contribution >= 0.6 is 0 Å². The molecule has 0 aromatic heterocycles. The van der Waals surface area contributed by atoms with Crippen molar-refractivity contribution in [1.82, 2.24) is 0 Å². The zero-order valence-electron chi connectivity index (χ0n) is 12.3. The Morgan fingerprint density at radius 2 is 1.55 bits per heavy atom. The molecule has 1 atom stereocenters. The van der Waals surface area contributed by atoms with Gasteiger partial charge in [0.15, 0.2) is 0 Å². The summed E-state index contributed by atoms with van der Waals surface area (Å²) in [5.41, 5.74) is 4.74. The van der Waals surface area contributed by atoms with Gasteiger partial charge >= 0.3 is 0 Å². The predicted molar refractivity (Wildman–Crippen MR) is 80.4 cm³/mol. The monoisotopic (exact) mass is 272 g/mol. The molecule has 0 amide bonds. The zero-order valence-corrected chi connectivity index (χ0v) is 12.3. The van der Waals surface area contributed by atoms with E-state index in [0.717, 1.165) is 24.0 Å². The Morgan fingerprint density at radius 1 is 0.950 bits per heavy atom. The van der Waals surface area contributed by atoms with Crippen molar-refractivity contribution in [2.45, 2.75) is 39.7 Å². The molecule has 2 heteroatoms. The van der Waals surface area contributed by atoms with E-state index in [0.29, 0.717) is 5.56 Å². The molecular formula is C18H21FO. The second kappa shape index (κ2) is 6.19. The molecular weight excluding hydrogens is 251 g/mol. The summed E-state index contributed by atoms with van der Waals surface area (Å²) in [7, 11) is 0. The van der Waals surface area contributed by atoms with Gasteiger partial charge in [0.1, 0.15) is 11.9 Å². The molecule has 0 saturated heterocycles. The summed E-state index contributed by atoms with van der Waals surface area (Å²) < 4.78 is 13.3. The lowest BCUT2D eigenvalue weighted by atomic mass is 9.94.